The van der Waals surface area contributed by atoms with Gasteiger partial charge < -0.3 is 11.1 Å². The average Bonchev–Trinajstić information content (AvgIpc) is 2.53. The van der Waals surface area contributed by atoms with Gasteiger partial charge in [0.2, 0.25) is 5.95 Å². The molecule has 0 aliphatic heterocycles. The van der Waals surface area contributed by atoms with Crippen molar-refractivity contribution in [2.24, 2.45) is 0 Å². The van der Waals surface area contributed by atoms with E-state index in [2.05, 4.69) is 15.3 Å². The first kappa shape index (κ1) is 16.2. The summed E-state index contributed by atoms with van der Waals surface area (Å²) < 4.78 is 0. The molecular weight excluding hydrogens is 332 g/mol. The van der Waals surface area contributed by atoms with E-state index in [1.165, 1.54) is 31.0 Å². The van der Waals surface area contributed by atoms with Crippen LogP contribution in [0.3, 0.4) is 0 Å². The lowest BCUT2D eigenvalue weighted by molar-refractivity contribution is 0.461. The molecule has 1 aliphatic rings. The lowest BCUT2D eigenvalue weighted by Gasteiger charge is -2.24. The van der Waals surface area contributed by atoms with Crippen molar-refractivity contribution in [3.05, 3.63) is 39.6 Å². The van der Waals surface area contributed by atoms with Crippen LogP contribution in [0.5, 0.6) is 0 Å². The zero-order valence-electron chi connectivity index (χ0n) is 12.6. The number of anilines is 2. The first-order valence-corrected chi connectivity index (χ1v) is 8.91. The van der Waals surface area contributed by atoms with Gasteiger partial charge in [0.1, 0.15) is 10.7 Å². The molecule has 2 aromatic rings. The molecule has 1 aromatic heterocycles. The molecule has 3 rings (SSSR count). The standard InChI is InChI=1S/C16H19ClN4OS/c17-10-6-8-12(9-7-10)23-13-14(20-16(18)21-15(13)22)19-11-4-2-1-3-5-11/h6-9,11H,1-5H2,(H4,18,19,20,21,22). The molecule has 0 spiro atoms. The molecule has 1 saturated carbocycles. The second kappa shape index (κ2) is 7.27. The van der Waals surface area contributed by atoms with Crippen molar-refractivity contribution >= 4 is 35.1 Å². The number of hydrogen-bond acceptors (Lipinski definition) is 5. The molecule has 0 radical (unpaired) electrons. The average molecular weight is 351 g/mol. The molecule has 1 aromatic carbocycles. The van der Waals surface area contributed by atoms with Crippen LogP contribution in [0.25, 0.3) is 0 Å². The SMILES string of the molecule is Nc1nc(NC2CCCCC2)c(Sc2ccc(Cl)cc2)c(=O)[nH]1. The third-order valence-electron chi connectivity index (χ3n) is 3.87. The topological polar surface area (TPSA) is 83.8 Å². The molecule has 0 atom stereocenters. The van der Waals surface area contributed by atoms with E-state index in [-0.39, 0.29) is 11.5 Å². The first-order chi connectivity index (χ1) is 11.1. The molecule has 1 heterocycles. The van der Waals surface area contributed by atoms with Gasteiger partial charge in [-0.25, -0.2) is 0 Å². The minimum absolute atomic E-state index is 0.133. The van der Waals surface area contributed by atoms with E-state index in [1.807, 2.05) is 12.1 Å². The Morgan fingerprint density at radius 1 is 1.22 bits per heavy atom. The summed E-state index contributed by atoms with van der Waals surface area (Å²) in [6, 6.07) is 7.72. The lowest BCUT2D eigenvalue weighted by atomic mass is 9.95. The summed E-state index contributed by atoms with van der Waals surface area (Å²) in [4.78, 5) is 20.7. The Kier molecular flexibility index (Phi) is 5.13. The number of rotatable bonds is 4. The molecule has 0 unspecified atom stereocenters. The number of nitrogen functional groups attached to an aromatic ring is 1. The van der Waals surface area contributed by atoms with E-state index in [1.54, 1.807) is 12.1 Å². The fourth-order valence-corrected chi connectivity index (χ4v) is 3.71. The van der Waals surface area contributed by atoms with Crippen molar-refractivity contribution in [1.82, 2.24) is 9.97 Å². The van der Waals surface area contributed by atoms with Gasteiger partial charge in [-0.05, 0) is 37.1 Å². The highest BCUT2D eigenvalue weighted by molar-refractivity contribution is 7.99. The fourth-order valence-electron chi connectivity index (χ4n) is 2.73. The van der Waals surface area contributed by atoms with E-state index in [9.17, 15) is 4.79 Å². The van der Waals surface area contributed by atoms with Crippen molar-refractivity contribution in [3.63, 3.8) is 0 Å². The number of nitrogens with one attached hydrogen (secondary N) is 2. The number of halogens is 1. The number of aromatic amines is 1. The zero-order valence-corrected chi connectivity index (χ0v) is 14.2. The van der Waals surface area contributed by atoms with Gasteiger partial charge in [0.25, 0.3) is 5.56 Å². The Hall–Kier alpha value is -1.66. The largest absolute Gasteiger partial charge is 0.369 e. The highest BCUT2D eigenvalue weighted by atomic mass is 35.5. The number of nitrogens with zero attached hydrogens (tertiary/aromatic N) is 1. The minimum Gasteiger partial charge on any atom is -0.369 e. The molecule has 7 heteroatoms. The van der Waals surface area contributed by atoms with Crippen molar-refractivity contribution in [2.45, 2.75) is 47.9 Å². The van der Waals surface area contributed by atoms with Gasteiger partial charge in [0.15, 0.2) is 0 Å². The van der Waals surface area contributed by atoms with Crippen molar-refractivity contribution in [2.75, 3.05) is 11.1 Å². The first-order valence-electron chi connectivity index (χ1n) is 7.71. The maximum atomic E-state index is 12.3. The molecule has 4 N–H and O–H groups in total. The van der Waals surface area contributed by atoms with E-state index in [0.717, 1.165) is 17.7 Å². The summed E-state index contributed by atoms with van der Waals surface area (Å²) in [6.07, 6.45) is 5.88. The molecule has 122 valence electrons. The normalized spacial score (nSPS) is 15.5. The van der Waals surface area contributed by atoms with Gasteiger partial charge in [0, 0.05) is 16.0 Å². The Morgan fingerprint density at radius 3 is 2.61 bits per heavy atom. The van der Waals surface area contributed by atoms with Crippen LogP contribution in [0.4, 0.5) is 11.8 Å². The molecule has 0 bridgehead atoms. The quantitative estimate of drug-likeness (QED) is 0.778. The smallest absolute Gasteiger partial charge is 0.268 e. The van der Waals surface area contributed by atoms with E-state index < -0.39 is 0 Å². The maximum Gasteiger partial charge on any atom is 0.268 e. The summed E-state index contributed by atoms with van der Waals surface area (Å²) in [5.41, 5.74) is 5.49. The second-order valence-corrected chi connectivity index (χ2v) is 7.18. The molecule has 1 aliphatic carbocycles. The number of H-pyrrole nitrogens is 1. The zero-order chi connectivity index (χ0) is 16.2. The van der Waals surface area contributed by atoms with Gasteiger partial charge >= 0.3 is 0 Å². The summed E-state index contributed by atoms with van der Waals surface area (Å²) in [5.74, 6) is 0.701. The van der Waals surface area contributed by atoms with Crippen molar-refractivity contribution < 1.29 is 0 Å². The van der Waals surface area contributed by atoms with E-state index in [0.29, 0.717) is 21.8 Å². The predicted molar refractivity (Wildman–Crippen MR) is 95.3 cm³/mol. The van der Waals surface area contributed by atoms with Gasteiger partial charge in [-0.3, -0.25) is 9.78 Å². The third kappa shape index (κ3) is 4.20. The fraction of sp³-hybridized carbons (Fsp3) is 0.375. The number of aromatic nitrogens is 2. The third-order valence-corrected chi connectivity index (χ3v) is 5.22. The summed E-state index contributed by atoms with van der Waals surface area (Å²) in [5, 5.41) is 4.07. The molecule has 0 saturated heterocycles. The van der Waals surface area contributed by atoms with Crippen molar-refractivity contribution in [1.29, 1.82) is 0 Å². The Balaban J connectivity index is 1.88. The number of benzene rings is 1. The minimum atomic E-state index is -0.226. The Labute approximate surface area is 144 Å². The van der Waals surface area contributed by atoms with Gasteiger partial charge in [-0.2, -0.15) is 4.98 Å². The Morgan fingerprint density at radius 2 is 1.91 bits per heavy atom. The van der Waals surface area contributed by atoms with Crippen molar-refractivity contribution in [3.8, 4) is 0 Å². The van der Waals surface area contributed by atoms with Crippen LogP contribution < -0.4 is 16.6 Å². The molecule has 1 fully saturated rings. The predicted octanol–water partition coefficient (Wildman–Crippen LogP) is 3.90. The highest BCUT2D eigenvalue weighted by Gasteiger charge is 2.18. The monoisotopic (exact) mass is 350 g/mol. The Bertz CT molecular complexity index is 726. The van der Waals surface area contributed by atoms with E-state index in [4.69, 9.17) is 17.3 Å². The molecule has 0 amide bonds. The van der Waals surface area contributed by atoms with Crippen LogP contribution in [0.1, 0.15) is 32.1 Å². The van der Waals surface area contributed by atoms with Crippen LogP contribution in [-0.2, 0) is 0 Å². The van der Waals surface area contributed by atoms with Gasteiger partial charge in [0.05, 0.1) is 0 Å². The van der Waals surface area contributed by atoms with E-state index >= 15 is 0 Å². The maximum absolute atomic E-state index is 12.3. The number of nitrogens with two attached hydrogens (primary N) is 1. The lowest BCUT2D eigenvalue weighted by Crippen LogP contribution is -2.26. The van der Waals surface area contributed by atoms with Crippen LogP contribution in [0.15, 0.2) is 38.9 Å². The summed E-state index contributed by atoms with van der Waals surface area (Å²) in [7, 11) is 0. The van der Waals surface area contributed by atoms with Crippen LogP contribution in [0, 0.1) is 0 Å². The summed E-state index contributed by atoms with van der Waals surface area (Å²) >= 11 is 7.27. The van der Waals surface area contributed by atoms with Gasteiger partial charge in [-0.1, -0.05) is 42.6 Å². The molecule has 23 heavy (non-hydrogen) atoms. The van der Waals surface area contributed by atoms with Gasteiger partial charge in [-0.15, -0.1) is 0 Å². The van der Waals surface area contributed by atoms with Crippen LogP contribution in [0.2, 0.25) is 5.02 Å². The number of hydrogen-bond donors (Lipinski definition) is 3. The van der Waals surface area contributed by atoms with Crippen LogP contribution in [-0.4, -0.2) is 16.0 Å². The highest BCUT2D eigenvalue weighted by Crippen LogP contribution is 2.32. The molecule has 5 nitrogen and oxygen atoms in total. The second-order valence-electron chi connectivity index (χ2n) is 5.66. The molecular formula is C16H19ClN4OS. The summed E-state index contributed by atoms with van der Waals surface area (Å²) in [6.45, 7) is 0. The van der Waals surface area contributed by atoms with Crippen LogP contribution >= 0.6 is 23.4 Å².